The van der Waals surface area contributed by atoms with Crippen LogP contribution in [0.3, 0.4) is 0 Å². The molecule has 0 amide bonds. The van der Waals surface area contributed by atoms with Gasteiger partial charge in [0.15, 0.2) is 5.49 Å². The molecule has 1 saturated carbocycles. The fraction of sp³-hybridized carbons (Fsp3) is 0.333. The van der Waals surface area contributed by atoms with Crippen LogP contribution >= 0.6 is 0 Å². The van der Waals surface area contributed by atoms with Crippen molar-refractivity contribution in [1.82, 2.24) is 19.1 Å². The van der Waals surface area contributed by atoms with Crippen molar-refractivity contribution in [3.05, 3.63) is 81.5 Å². The smallest absolute Gasteiger partial charge is 0.369 e. The standard InChI is InChI=1S/C27H25F3N6O/c1-15(17-4-3-5-19(12-17)27(28,29)30)32-24-21-13-20(18-8-9-22(37)35(2)14-18)25-31-10-11-36(25)26(21)34-23(33-24)16-6-7-16/h3-5,8-9,12-16,31H,6-7,10-11H2,1-2H3. The second kappa shape index (κ2) is 8.57. The molecule has 1 unspecified atom stereocenters. The first-order valence-corrected chi connectivity index (χ1v) is 12.3. The molecule has 0 bridgehead atoms. The Morgan fingerprint density at radius 1 is 1.11 bits per heavy atom. The number of nitrogens with zero attached hydrogens (tertiary/aromatic N) is 5. The van der Waals surface area contributed by atoms with E-state index in [-0.39, 0.29) is 11.5 Å². The minimum Gasteiger partial charge on any atom is -0.369 e. The summed E-state index contributed by atoms with van der Waals surface area (Å²) in [5.41, 5.74) is 2.57. The number of hydrogen-bond donors (Lipinski definition) is 1. The Labute approximate surface area is 210 Å². The van der Waals surface area contributed by atoms with Crippen molar-refractivity contribution in [2.45, 2.75) is 44.4 Å². The largest absolute Gasteiger partial charge is 0.416 e. The molecule has 2 aromatic rings. The van der Waals surface area contributed by atoms with Gasteiger partial charge in [-0.1, -0.05) is 12.1 Å². The average Bonchev–Trinajstić information content (AvgIpc) is 3.60. The van der Waals surface area contributed by atoms with Gasteiger partial charge in [-0.15, -0.1) is 0 Å². The Morgan fingerprint density at radius 2 is 1.92 bits per heavy atom. The lowest BCUT2D eigenvalue weighted by Crippen LogP contribution is -2.22. The molecule has 4 heterocycles. The zero-order valence-corrected chi connectivity index (χ0v) is 20.4. The molecule has 1 atom stereocenters. The lowest BCUT2D eigenvalue weighted by molar-refractivity contribution is -0.137. The van der Waals surface area contributed by atoms with E-state index >= 15 is 0 Å². The molecule has 0 radical (unpaired) electrons. The highest BCUT2D eigenvalue weighted by Gasteiger charge is 2.32. The predicted molar refractivity (Wildman–Crippen MR) is 133 cm³/mol. The highest BCUT2D eigenvalue weighted by atomic mass is 19.4. The number of anilines is 1. The van der Waals surface area contributed by atoms with Gasteiger partial charge in [-0.25, -0.2) is 9.97 Å². The maximum absolute atomic E-state index is 13.3. The molecular weight excluding hydrogens is 481 g/mol. The molecule has 6 rings (SSSR count). The number of aryl methyl sites for hydroxylation is 1. The van der Waals surface area contributed by atoms with Crippen LogP contribution in [0.2, 0.25) is 0 Å². The van der Waals surface area contributed by atoms with E-state index in [0.717, 1.165) is 65.7 Å². The molecule has 3 aliphatic heterocycles. The summed E-state index contributed by atoms with van der Waals surface area (Å²) in [6.07, 6.45) is -0.623. The molecule has 4 aliphatic rings. The van der Waals surface area contributed by atoms with Gasteiger partial charge in [0.1, 0.15) is 17.5 Å². The van der Waals surface area contributed by atoms with Crippen molar-refractivity contribution in [3.8, 4) is 22.5 Å². The highest BCUT2D eigenvalue weighted by Crippen LogP contribution is 2.40. The monoisotopic (exact) mass is 506 g/mol. The molecule has 0 spiro atoms. The van der Waals surface area contributed by atoms with Crippen LogP contribution in [0.4, 0.5) is 19.0 Å². The third-order valence-electron chi connectivity index (χ3n) is 6.97. The fourth-order valence-electron chi connectivity index (χ4n) is 4.78. The maximum atomic E-state index is 13.3. The van der Waals surface area contributed by atoms with Gasteiger partial charge in [-0.3, -0.25) is 9.79 Å². The van der Waals surface area contributed by atoms with E-state index < -0.39 is 17.8 Å². The summed E-state index contributed by atoms with van der Waals surface area (Å²) in [7, 11) is 1.70. The van der Waals surface area contributed by atoms with E-state index in [1.165, 1.54) is 16.7 Å². The summed E-state index contributed by atoms with van der Waals surface area (Å²) in [5.74, 6) is 2.65. The Bertz CT molecular complexity index is 1620. The molecule has 1 aromatic heterocycles. The zero-order valence-electron chi connectivity index (χ0n) is 20.4. The number of pyridine rings is 2. The van der Waals surface area contributed by atoms with Crippen LogP contribution in [0.5, 0.6) is 0 Å². The number of nitrogens with one attached hydrogen (secondary N) is 1. The number of benzene rings is 1. The Balaban J connectivity index is 1.57. The molecular formula is C27H25F3N6O. The van der Waals surface area contributed by atoms with Crippen molar-refractivity contribution in [3.63, 3.8) is 0 Å². The third kappa shape index (κ3) is 4.30. The second-order valence-corrected chi connectivity index (χ2v) is 9.70. The van der Waals surface area contributed by atoms with Crippen LogP contribution in [0.1, 0.15) is 48.7 Å². The fourth-order valence-corrected chi connectivity index (χ4v) is 4.78. The Hall–Kier alpha value is -3.95. The van der Waals surface area contributed by atoms with Gasteiger partial charge in [0.25, 0.3) is 0 Å². The van der Waals surface area contributed by atoms with Crippen LogP contribution in [0.15, 0.2) is 58.4 Å². The Morgan fingerprint density at radius 3 is 2.65 bits per heavy atom. The van der Waals surface area contributed by atoms with Crippen LogP contribution in [-0.2, 0) is 19.8 Å². The Kier molecular flexibility index (Phi) is 5.43. The predicted octanol–water partition coefficient (Wildman–Crippen LogP) is 4.73. The maximum Gasteiger partial charge on any atom is 0.416 e. The summed E-state index contributed by atoms with van der Waals surface area (Å²) in [5, 5.41) is 3.44. The van der Waals surface area contributed by atoms with Gasteiger partial charge in [-0.05, 0) is 49.6 Å². The van der Waals surface area contributed by atoms with E-state index in [1.54, 1.807) is 32.3 Å². The topological polar surface area (TPSA) is 77.1 Å². The molecule has 1 aromatic carbocycles. The van der Waals surface area contributed by atoms with Crippen molar-refractivity contribution in [2.75, 3.05) is 11.9 Å². The van der Waals surface area contributed by atoms with Crippen molar-refractivity contribution in [1.29, 1.82) is 0 Å². The van der Waals surface area contributed by atoms with Gasteiger partial charge < -0.3 is 14.5 Å². The van der Waals surface area contributed by atoms with Gasteiger partial charge in [0.05, 0.1) is 17.2 Å². The molecule has 37 heavy (non-hydrogen) atoms. The van der Waals surface area contributed by atoms with E-state index in [1.807, 2.05) is 6.07 Å². The molecule has 1 fully saturated rings. The number of alkyl halides is 3. The minimum absolute atomic E-state index is 0.107. The van der Waals surface area contributed by atoms with Crippen LogP contribution in [0, 0.1) is 0 Å². The normalized spacial score (nSPS) is 16.6. The minimum atomic E-state index is -4.43. The number of halogens is 3. The van der Waals surface area contributed by atoms with Gasteiger partial charge in [0, 0.05) is 49.4 Å². The summed E-state index contributed by atoms with van der Waals surface area (Å²) < 4.78 is 43.6. The van der Waals surface area contributed by atoms with Crippen LogP contribution in [-0.4, -0.2) is 25.6 Å². The van der Waals surface area contributed by atoms with Crippen LogP contribution < -0.4 is 16.4 Å². The number of hydrogen-bond acceptors (Lipinski definition) is 5. The van der Waals surface area contributed by atoms with E-state index in [9.17, 15) is 18.0 Å². The summed E-state index contributed by atoms with van der Waals surface area (Å²) in [6, 6.07) is 9.99. The average molecular weight is 507 g/mol. The van der Waals surface area contributed by atoms with Crippen molar-refractivity contribution < 1.29 is 13.2 Å². The summed E-state index contributed by atoms with van der Waals surface area (Å²) in [6.45, 7) is 3.21. The van der Waals surface area contributed by atoms with Crippen molar-refractivity contribution >= 4 is 5.82 Å². The highest BCUT2D eigenvalue weighted by molar-refractivity contribution is 5.82. The van der Waals surface area contributed by atoms with Crippen molar-refractivity contribution in [2.24, 2.45) is 12.0 Å². The lowest BCUT2D eigenvalue weighted by atomic mass is 10.0. The molecule has 190 valence electrons. The van der Waals surface area contributed by atoms with Gasteiger partial charge >= 0.3 is 6.18 Å². The van der Waals surface area contributed by atoms with Crippen LogP contribution in [0.25, 0.3) is 22.5 Å². The first-order chi connectivity index (χ1) is 17.7. The number of rotatable bonds is 4. The van der Waals surface area contributed by atoms with E-state index in [2.05, 4.69) is 9.88 Å². The number of aromatic nitrogens is 4. The third-order valence-corrected chi connectivity index (χ3v) is 6.97. The van der Waals surface area contributed by atoms with E-state index in [4.69, 9.17) is 15.0 Å². The van der Waals surface area contributed by atoms with Gasteiger partial charge in [0.2, 0.25) is 5.56 Å². The molecule has 1 N–H and O–H groups in total. The summed E-state index contributed by atoms with van der Waals surface area (Å²) >= 11 is 0. The molecule has 1 aliphatic carbocycles. The van der Waals surface area contributed by atoms with Gasteiger partial charge in [-0.2, -0.15) is 13.2 Å². The lowest BCUT2D eigenvalue weighted by Gasteiger charge is -2.19. The molecule has 10 heteroatoms. The van der Waals surface area contributed by atoms with E-state index in [0.29, 0.717) is 17.6 Å². The first-order valence-electron chi connectivity index (χ1n) is 12.3. The SMILES string of the molecule is CC(N=c1nc(C2CC2)nc2n3c(c(-c4ccc(=O)n(C)c4)cc1-2)NCC3)c1cccc(C(F)(F)F)c1. The second-order valence-electron chi connectivity index (χ2n) is 9.70. The first kappa shape index (κ1) is 23.4. The number of fused-ring (bicyclic) bond motifs is 3. The molecule has 0 saturated heterocycles. The quantitative estimate of drug-likeness (QED) is 0.434. The summed E-state index contributed by atoms with van der Waals surface area (Å²) in [4.78, 5) is 26.5. The molecule has 7 nitrogen and oxygen atoms in total. The zero-order chi connectivity index (χ0) is 25.9.